The van der Waals surface area contributed by atoms with Crippen molar-refractivity contribution >= 4 is 5.91 Å². The van der Waals surface area contributed by atoms with Crippen molar-refractivity contribution < 1.29 is 4.79 Å². The summed E-state index contributed by atoms with van der Waals surface area (Å²) in [4.78, 5) is 19.2. The highest BCUT2D eigenvalue weighted by Crippen LogP contribution is 2.25. The molecule has 1 unspecified atom stereocenters. The molecule has 1 amide bonds. The molecule has 0 spiro atoms. The molecule has 4 nitrogen and oxygen atoms in total. The van der Waals surface area contributed by atoms with Gasteiger partial charge in [-0.2, -0.15) is 0 Å². The van der Waals surface area contributed by atoms with Crippen LogP contribution in [0.3, 0.4) is 0 Å². The predicted molar refractivity (Wildman–Crippen MR) is 98.2 cm³/mol. The Kier molecular flexibility index (Phi) is 6.50. The third-order valence-corrected chi connectivity index (χ3v) is 4.04. The summed E-state index contributed by atoms with van der Waals surface area (Å²) < 4.78 is 0. The van der Waals surface area contributed by atoms with Gasteiger partial charge in [0.25, 0.3) is 0 Å². The fourth-order valence-corrected chi connectivity index (χ4v) is 2.58. The zero-order chi connectivity index (χ0) is 17.5. The van der Waals surface area contributed by atoms with E-state index in [2.05, 4.69) is 36.3 Å². The molecule has 1 heterocycles. The molecule has 2 rings (SSSR count). The molecule has 0 aliphatic rings. The molecule has 4 heteroatoms. The van der Waals surface area contributed by atoms with Crippen LogP contribution < -0.4 is 5.32 Å². The Labute approximate surface area is 144 Å². The van der Waals surface area contributed by atoms with Crippen molar-refractivity contribution in [2.75, 3.05) is 27.2 Å². The predicted octanol–water partition coefficient (Wildman–Crippen LogP) is 3.01. The first-order valence-electron chi connectivity index (χ1n) is 8.42. The van der Waals surface area contributed by atoms with Crippen molar-refractivity contribution in [2.24, 2.45) is 0 Å². The first kappa shape index (κ1) is 18.1. The van der Waals surface area contributed by atoms with E-state index in [1.54, 1.807) is 6.20 Å². The molecule has 0 fully saturated rings. The van der Waals surface area contributed by atoms with Crippen molar-refractivity contribution in [1.29, 1.82) is 0 Å². The molecule has 0 bridgehead atoms. The van der Waals surface area contributed by atoms with E-state index in [0.717, 1.165) is 17.8 Å². The molecule has 0 saturated heterocycles. The number of pyridine rings is 1. The van der Waals surface area contributed by atoms with Gasteiger partial charge in [-0.25, -0.2) is 0 Å². The maximum atomic E-state index is 12.8. The van der Waals surface area contributed by atoms with Crippen LogP contribution in [-0.4, -0.2) is 43.0 Å². The highest BCUT2D eigenvalue weighted by molar-refractivity contribution is 5.86. The number of hydrogen-bond acceptors (Lipinski definition) is 3. The smallest absolute Gasteiger partial charge is 0.233 e. The molecule has 128 valence electrons. The lowest BCUT2D eigenvalue weighted by molar-refractivity contribution is -0.121. The monoisotopic (exact) mass is 325 g/mol. The summed E-state index contributed by atoms with van der Waals surface area (Å²) in [5.74, 6) is 0.0867. The fourth-order valence-electron chi connectivity index (χ4n) is 2.58. The lowest BCUT2D eigenvalue weighted by atomic mass is 9.92. The summed E-state index contributed by atoms with van der Waals surface area (Å²) in [5.41, 5.74) is 3.02. The largest absolute Gasteiger partial charge is 0.354 e. The number of nitrogens with zero attached hydrogens (tertiary/aromatic N) is 2. The van der Waals surface area contributed by atoms with Gasteiger partial charge in [0.05, 0.1) is 5.69 Å². The average Bonchev–Trinajstić information content (AvgIpc) is 2.56. The van der Waals surface area contributed by atoms with Gasteiger partial charge >= 0.3 is 0 Å². The Morgan fingerprint density at radius 3 is 2.29 bits per heavy atom. The number of benzene rings is 1. The van der Waals surface area contributed by atoms with Crippen molar-refractivity contribution in [2.45, 2.75) is 25.7 Å². The van der Waals surface area contributed by atoms with Gasteiger partial charge in [0.1, 0.15) is 5.92 Å². The van der Waals surface area contributed by atoms with E-state index < -0.39 is 0 Å². The van der Waals surface area contributed by atoms with E-state index in [9.17, 15) is 4.79 Å². The zero-order valence-corrected chi connectivity index (χ0v) is 15.0. The van der Waals surface area contributed by atoms with Gasteiger partial charge in [-0.3, -0.25) is 9.78 Å². The summed E-state index contributed by atoms with van der Waals surface area (Å²) in [6.45, 7) is 5.77. The third kappa shape index (κ3) is 4.90. The maximum Gasteiger partial charge on any atom is 0.233 e. The topological polar surface area (TPSA) is 45.2 Å². The quantitative estimate of drug-likeness (QED) is 0.851. The molecule has 0 radical (unpaired) electrons. The molecule has 0 saturated carbocycles. The summed E-state index contributed by atoms with van der Waals surface area (Å²) >= 11 is 0. The van der Waals surface area contributed by atoms with E-state index in [-0.39, 0.29) is 11.8 Å². The number of rotatable bonds is 7. The fraction of sp³-hybridized carbons (Fsp3) is 0.400. The molecule has 1 aromatic carbocycles. The number of likely N-dealkylation sites (N-methyl/N-ethyl adjacent to an activating group) is 1. The molecule has 1 N–H and O–H groups in total. The number of carbonyl (C=O) groups is 1. The second-order valence-corrected chi connectivity index (χ2v) is 6.60. The molecule has 2 aromatic rings. The highest BCUT2D eigenvalue weighted by Gasteiger charge is 2.23. The van der Waals surface area contributed by atoms with Crippen LogP contribution in [0.4, 0.5) is 0 Å². The molecule has 24 heavy (non-hydrogen) atoms. The van der Waals surface area contributed by atoms with E-state index in [4.69, 9.17) is 0 Å². The maximum absolute atomic E-state index is 12.8. The van der Waals surface area contributed by atoms with Gasteiger partial charge in [-0.15, -0.1) is 0 Å². The Balaban J connectivity index is 2.24. The van der Waals surface area contributed by atoms with Crippen LogP contribution in [0.1, 0.15) is 42.5 Å². The van der Waals surface area contributed by atoms with Crippen LogP contribution in [0.2, 0.25) is 0 Å². The standard InChI is InChI=1S/C20H27N3O/c1-15(2)16-8-10-17(11-9-16)19(18-7-5-6-12-21-18)20(24)22-13-14-23(3)4/h5-12,15,19H,13-14H2,1-4H3,(H,22,24). The van der Waals surface area contributed by atoms with Crippen LogP contribution in [0, 0.1) is 0 Å². The van der Waals surface area contributed by atoms with Gasteiger partial charge in [-0.05, 0) is 43.3 Å². The molecule has 0 aliphatic carbocycles. The number of aromatic nitrogens is 1. The van der Waals surface area contributed by atoms with E-state index >= 15 is 0 Å². The Hall–Kier alpha value is -2.20. The van der Waals surface area contributed by atoms with Crippen molar-refractivity contribution in [3.63, 3.8) is 0 Å². The van der Waals surface area contributed by atoms with E-state index in [0.29, 0.717) is 12.5 Å². The summed E-state index contributed by atoms with van der Waals surface area (Å²) in [6, 6.07) is 14.0. The lowest BCUT2D eigenvalue weighted by Crippen LogP contribution is -2.35. The van der Waals surface area contributed by atoms with Crippen molar-refractivity contribution in [3.8, 4) is 0 Å². The molecular formula is C20H27N3O. The van der Waals surface area contributed by atoms with E-state index in [1.807, 2.05) is 49.3 Å². The van der Waals surface area contributed by atoms with Gasteiger partial charge in [0.15, 0.2) is 0 Å². The Bertz CT molecular complexity index is 636. The van der Waals surface area contributed by atoms with Crippen molar-refractivity contribution in [1.82, 2.24) is 15.2 Å². The second-order valence-electron chi connectivity index (χ2n) is 6.60. The minimum atomic E-state index is -0.380. The van der Waals surface area contributed by atoms with Crippen LogP contribution in [0.25, 0.3) is 0 Å². The van der Waals surface area contributed by atoms with Gasteiger partial charge < -0.3 is 10.2 Å². The lowest BCUT2D eigenvalue weighted by Gasteiger charge is -2.18. The van der Waals surface area contributed by atoms with Crippen LogP contribution in [-0.2, 0) is 4.79 Å². The van der Waals surface area contributed by atoms with Crippen LogP contribution in [0.15, 0.2) is 48.7 Å². The zero-order valence-electron chi connectivity index (χ0n) is 15.0. The number of carbonyl (C=O) groups excluding carboxylic acids is 1. The number of nitrogens with one attached hydrogen (secondary N) is 1. The first-order chi connectivity index (χ1) is 11.5. The van der Waals surface area contributed by atoms with Crippen molar-refractivity contribution in [3.05, 3.63) is 65.5 Å². The van der Waals surface area contributed by atoms with Gasteiger partial charge in [-0.1, -0.05) is 44.2 Å². The number of hydrogen-bond donors (Lipinski definition) is 1. The average molecular weight is 325 g/mol. The summed E-state index contributed by atoms with van der Waals surface area (Å²) in [7, 11) is 3.99. The number of amides is 1. The highest BCUT2D eigenvalue weighted by atomic mass is 16.1. The SMILES string of the molecule is CC(C)c1ccc(C(C(=O)NCCN(C)C)c2ccccn2)cc1. The second kappa shape index (κ2) is 8.60. The molecule has 0 aliphatic heterocycles. The third-order valence-electron chi connectivity index (χ3n) is 4.04. The Morgan fingerprint density at radius 1 is 1.08 bits per heavy atom. The molecule has 1 atom stereocenters. The Morgan fingerprint density at radius 2 is 1.75 bits per heavy atom. The van der Waals surface area contributed by atoms with Crippen LogP contribution >= 0.6 is 0 Å². The minimum absolute atomic E-state index is 0.00662. The summed E-state index contributed by atoms with van der Waals surface area (Å²) in [6.07, 6.45) is 1.73. The molecule has 1 aromatic heterocycles. The first-order valence-corrected chi connectivity index (χ1v) is 8.42. The van der Waals surface area contributed by atoms with E-state index in [1.165, 1.54) is 5.56 Å². The van der Waals surface area contributed by atoms with Crippen LogP contribution in [0.5, 0.6) is 0 Å². The summed E-state index contributed by atoms with van der Waals surface area (Å²) in [5, 5.41) is 3.03. The van der Waals surface area contributed by atoms with Gasteiger partial charge in [0, 0.05) is 19.3 Å². The minimum Gasteiger partial charge on any atom is -0.354 e. The molecular weight excluding hydrogens is 298 g/mol. The normalized spacial score (nSPS) is 12.4. The van der Waals surface area contributed by atoms with Gasteiger partial charge in [0.2, 0.25) is 5.91 Å².